The third-order valence-electron chi connectivity index (χ3n) is 4.85. The van der Waals surface area contributed by atoms with Gasteiger partial charge in [-0.25, -0.2) is 4.98 Å². The second kappa shape index (κ2) is 7.53. The van der Waals surface area contributed by atoms with E-state index in [9.17, 15) is 5.11 Å². The van der Waals surface area contributed by atoms with Gasteiger partial charge >= 0.3 is 0 Å². The van der Waals surface area contributed by atoms with Gasteiger partial charge in [-0.1, -0.05) is 25.3 Å². The summed E-state index contributed by atoms with van der Waals surface area (Å²) >= 11 is 0. The summed E-state index contributed by atoms with van der Waals surface area (Å²) in [5.74, 6) is 2.40. The SMILES string of the molecule is CC(C)(CO)NCc1nc2c(OCC3CCCCC3)cccc2[nH]1. The number of para-hydroxylation sites is 1. The lowest BCUT2D eigenvalue weighted by molar-refractivity contribution is 0.186. The quantitative estimate of drug-likeness (QED) is 0.727. The molecule has 5 heteroatoms. The molecule has 2 aromatic rings. The molecule has 1 aliphatic carbocycles. The standard InChI is InChI=1S/C19H29N3O2/c1-19(2,13-23)20-11-17-21-15-9-6-10-16(18(15)22-17)24-12-14-7-4-3-5-8-14/h6,9-10,14,20,23H,3-5,7-8,11-13H2,1-2H3,(H,21,22). The molecule has 0 radical (unpaired) electrons. The second-order valence-electron chi connectivity index (χ2n) is 7.55. The number of fused-ring (bicyclic) bond motifs is 1. The molecule has 1 aliphatic rings. The van der Waals surface area contributed by atoms with Gasteiger partial charge in [0, 0.05) is 5.54 Å². The number of imidazole rings is 1. The number of nitrogens with one attached hydrogen (secondary N) is 2. The van der Waals surface area contributed by atoms with E-state index in [1.165, 1.54) is 32.1 Å². The number of aliphatic hydroxyl groups is 1. The summed E-state index contributed by atoms with van der Waals surface area (Å²) in [5.41, 5.74) is 1.57. The highest BCUT2D eigenvalue weighted by atomic mass is 16.5. The molecule has 24 heavy (non-hydrogen) atoms. The molecule has 3 rings (SSSR count). The van der Waals surface area contributed by atoms with Crippen LogP contribution in [0.1, 0.15) is 51.8 Å². The van der Waals surface area contributed by atoms with Crippen LogP contribution in [0.15, 0.2) is 18.2 Å². The van der Waals surface area contributed by atoms with Gasteiger partial charge in [0.15, 0.2) is 0 Å². The van der Waals surface area contributed by atoms with Crippen LogP contribution in [-0.2, 0) is 6.54 Å². The first-order chi connectivity index (χ1) is 11.6. The third kappa shape index (κ3) is 4.28. The molecule has 0 bridgehead atoms. The Morgan fingerprint density at radius 3 is 2.83 bits per heavy atom. The van der Waals surface area contributed by atoms with Crippen LogP contribution in [0.3, 0.4) is 0 Å². The van der Waals surface area contributed by atoms with Gasteiger partial charge in [-0.15, -0.1) is 0 Å². The highest BCUT2D eigenvalue weighted by Crippen LogP contribution is 2.27. The molecule has 1 aromatic carbocycles. The zero-order valence-corrected chi connectivity index (χ0v) is 14.8. The molecular formula is C19H29N3O2. The number of H-pyrrole nitrogens is 1. The maximum Gasteiger partial charge on any atom is 0.147 e. The van der Waals surface area contributed by atoms with Crippen molar-refractivity contribution < 1.29 is 9.84 Å². The minimum Gasteiger partial charge on any atom is -0.491 e. The van der Waals surface area contributed by atoms with Crippen LogP contribution in [0.2, 0.25) is 0 Å². The van der Waals surface area contributed by atoms with E-state index < -0.39 is 0 Å². The zero-order chi connectivity index (χ0) is 17.0. The topological polar surface area (TPSA) is 70.2 Å². The number of aromatic amines is 1. The predicted octanol–water partition coefficient (Wildman–Crippen LogP) is 3.38. The summed E-state index contributed by atoms with van der Waals surface area (Å²) in [6, 6.07) is 6.03. The van der Waals surface area contributed by atoms with Gasteiger partial charge in [-0.05, 0) is 44.7 Å². The fourth-order valence-electron chi connectivity index (χ4n) is 3.20. The summed E-state index contributed by atoms with van der Waals surface area (Å²) in [7, 11) is 0. The van der Waals surface area contributed by atoms with Crippen molar-refractivity contribution in [1.82, 2.24) is 15.3 Å². The molecule has 1 fully saturated rings. The molecule has 0 saturated heterocycles. The van der Waals surface area contributed by atoms with Crippen LogP contribution < -0.4 is 10.1 Å². The molecule has 1 aromatic heterocycles. The lowest BCUT2D eigenvalue weighted by atomic mass is 9.90. The van der Waals surface area contributed by atoms with Crippen LogP contribution >= 0.6 is 0 Å². The van der Waals surface area contributed by atoms with Crippen LogP contribution in [0.4, 0.5) is 0 Å². The summed E-state index contributed by atoms with van der Waals surface area (Å²) in [6.07, 6.45) is 6.59. The Labute approximate surface area is 143 Å². The number of nitrogens with zero attached hydrogens (tertiary/aromatic N) is 1. The van der Waals surface area contributed by atoms with Crippen molar-refractivity contribution in [2.45, 2.75) is 58.0 Å². The summed E-state index contributed by atoms with van der Waals surface area (Å²) in [5, 5.41) is 12.6. The van der Waals surface area contributed by atoms with Crippen LogP contribution in [0, 0.1) is 5.92 Å². The first-order valence-electron chi connectivity index (χ1n) is 9.04. The Hall–Kier alpha value is -1.59. The Morgan fingerprint density at radius 2 is 2.08 bits per heavy atom. The normalized spacial score (nSPS) is 16.6. The Bertz CT molecular complexity index is 660. The Kier molecular flexibility index (Phi) is 5.41. The van der Waals surface area contributed by atoms with E-state index in [1.54, 1.807) is 0 Å². The molecule has 0 amide bonds. The number of benzene rings is 1. The number of rotatable bonds is 7. The predicted molar refractivity (Wildman–Crippen MR) is 96.2 cm³/mol. The largest absolute Gasteiger partial charge is 0.491 e. The van der Waals surface area contributed by atoms with Crippen molar-refractivity contribution in [2.75, 3.05) is 13.2 Å². The van der Waals surface area contributed by atoms with Crippen LogP contribution in [-0.4, -0.2) is 33.8 Å². The maximum atomic E-state index is 9.34. The minimum atomic E-state index is -0.320. The van der Waals surface area contributed by atoms with Crippen molar-refractivity contribution in [1.29, 1.82) is 0 Å². The van der Waals surface area contributed by atoms with Crippen molar-refractivity contribution in [3.05, 3.63) is 24.0 Å². The molecular weight excluding hydrogens is 302 g/mol. The van der Waals surface area contributed by atoms with Crippen molar-refractivity contribution in [3.63, 3.8) is 0 Å². The average Bonchev–Trinajstić information content (AvgIpc) is 3.03. The van der Waals surface area contributed by atoms with Crippen molar-refractivity contribution in [3.8, 4) is 5.75 Å². The number of hydrogen-bond acceptors (Lipinski definition) is 4. The van der Waals surface area contributed by atoms with E-state index >= 15 is 0 Å². The summed E-state index contributed by atoms with van der Waals surface area (Å²) < 4.78 is 6.10. The fourth-order valence-corrected chi connectivity index (χ4v) is 3.20. The number of hydrogen-bond donors (Lipinski definition) is 3. The van der Waals surface area contributed by atoms with E-state index in [0.29, 0.717) is 12.5 Å². The van der Waals surface area contributed by atoms with Crippen LogP contribution in [0.5, 0.6) is 5.75 Å². The fraction of sp³-hybridized carbons (Fsp3) is 0.632. The van der Waals surface area contributed by atoms with Gasteiger partial charge in [0.25, 0.3) is 0 Å². The molecule has 132 valence electrons. The highest BCUT2D eigenvalue weighted by molar-refractivity contribution is 5.81. The minimum absolute atomic E-state index is 0.0863. The monoisotopic (exact) mass is 331 g/mol. The molecule has 0 atom stereocenters. The lowest BCUT2D eigenvalue weighted by Crippen LogP contribution is -2.42. The molecule has 1 heterocycles. The van der Waals surface area contributed by atoms with Gasteiger partial charge in [-0.3, -0.25) is 0 Å². The molecule has 3 N–H and O–H groups in total. The van der Waals surface area contributed by atoms with Gasteiger partial charge in [0.05, 0.1) is 25.3 Å². The van der Waals surface area contributed by atoms with Crippen molar-refractivity contribution in [2.24, 2.45) is 5.92 Å². The molecule has 0 unspecified atom stereocenters. The Morgan fingerprint density at radius 1 is 1.29 bits per heavy atom. The van der Waals surface area contributed by atoms with Gasteiger partial charge < -0.3 is 20.1 Å². The lowest BCUT2D eigenvalue weighted by Gasteiger charge is -2.22. The van der Waals surface area contributed by atoms with Crippen LogP contribution in [0.25, 0.3) is 11.0 Å². The first kappa shape index (κ1) is 17.2. The molecule has 1 saturated carbocycles. The zero-order valence-electron chi connectivity index (χ0n) is 14.8. The van der Waals surface area contributed by atoms with E-state index in [1.807, 2.05) is 32.0 Å². The first-order valence-corrected chi connectivity index (χ1v) is 9.04. The number of aromatic nitrogens is 2. The van der Waals surface area contributed by atoms with E-state index in [2.05, 4.69) is 15.3 Å². The van der Waals surface area contributed by atoms with E-state index in [4.69, 9.17) is 4.74 Å². The van der Waals surface area contributed by atoms with Gasteiger partial charge in [0.2, 0.25) is 0 Å². The maximum absolute atomic E-state index is 9.34. The Balaban J connectivity index is 1.67. The van der Waals surface area contributed by atoms with E-state index in [-0.39, 0.29) is 12.1 Å². The molecule has 0 spiro atoms. The highest BCUT2D eigenvalue weighted by Gasteiger charge is 2.17. The summed E-state index contributed by atoms with van der Waals surface area (Å²) in [6.45, 7) is 5.40. The van der Waals surface area contributed by atoms with Gasteiger partial charge in [0.1, 0.15) is 17.1 Å². The van der Waals surface area contributed by atoms with Crippen molar-refractivity contribution >= 4 is 11.0 Å². The van der Waals surface area contributed by atoms with E-state index in [0.717, 1.165) is 29.2 Å². The van der Waals surface area contributed by atoms with Gasteiger partial charge in [-0.2, -0.15) is 0 Å². The second-order valence-corrected chi connectivity index (χ2v) is 7.55. The smallest absolute Gasteiger partial charge is 0.147 e. The molecule has 5 nitrogen and oxygen atoms in total. The third-order valence-corrected chi connectivity index (χ3v) is 4.85. The number of ether oxygens (including phenoxy) is 1. The average molecular weight is 331 g/mol. The number of aliphatic hydroxyl groups excluding tert-OH is 1. The summed E-state index contributed by atoms with van der Waals surface area (Å²) in [4.78, 5) is 8.02. The molecule has 0 aliphatic heterocycles.